The molecule has 4 aliphatic rings. The number of nitrogens with zero attached hydrogens (tertiary/aromatic N) is 2. The number of benzene rings is 2. The topological polar surface area (TPSA) is 24.7 Å². The average Bonchev–Trinajstić information content (AvgIpc) is 2.76. The quantitative estimate of drug-likeness (QED) is 0.353. The monoisotopic (exact) mass is 466 g/mol. The zero-order valence-electron chi connectivity index (χ0n) is 18.6. The summed E-state index contributed by atoms with van der Waals surface area (Å²) in [4.78, 5) is 9.57. The van der Waals surface area contributed by atoms with Gasteiger partial charge in [-0.3, -0.25) is 9.98 Å². The molecule has 0 saturated heterocycles. The minimum Gasteiger partial charge on any atom is -0.293 e. The van der Waals surface area contributed by atoms with E-state index in [-0.39, 0.29) is 0 Å². The van der Waals surface area contributed by atoms with Crippen molar-refractivity contribution in [3.8, 4) is 0 Å². The van der Waals surface area contributed by atoms with E-state index < -0.39 is 0 Å². The lowest BCUT2D eigenvalue weighted by atomic mass is 9.43. The van der Waals surface area contributed by atoms with Crippen molar-refractivity contribution in [1.82, 2.24) is 0 Å². The van der Waals surface area contributed by atoms with Crippen LogP contribution in [0.3, 0.4) is 0 Å². The van der Waals surface area contributed by atoms with Crippen molar-refractivity contribution in [1.29, 1.82) is 0 Å². The summed E-state index contributed by atoms with van der Waals surface area (Å²) in [5, 5.41) is 1.55. The second kappa shape index (κ2) is 9.31. The van der Waals surface area contributed by atoms with Gasteiger partial charge in [-0.25, -0.2) is 0 Å². The fourth-order valence-corrected chi connectivity index (χ4v) is 7.53. The largest absolute Gasteiger partial charge is 0.293 e. The molecule has 4 saturated carbocycles. The van der Waals surface area contributed by atoms with Crippen LogP contribution in [0.15, 0.2) is 58.5 Å². The lowest BCUT2D eigenvalue weighted by molar-refractivity contribution is -0.115. The molecular weight excluding hydrogens is 435 g/mol. The van der Waals surface area contributed by atoms with E-state index in [0.29, 0.717) is 10.8 Å². The van der Waals surface area contributed by atoms with Gasteiger partial charge in [-0.15, -0.1) is 0 Å². The first-order chi connectivity index (χ1) is 15.5. The summed E-state index contributed by atoms with van der Waals surface area (Å²) in [6, 6.07) is 15.9. The van der Waals surface area contributed by atoms with E-state index in [1.54, 1.807) is 0 Å². The summed E-state index contributed by atoms with van der Waals surface area (Å²) in [6.07, 6.45) is 15.1. The van der Waals surface area contributed by atoms with Crippen LogP contribution in [0.5, 0.6) is 0 Å². The van der Waals surface area contributed by atoms with Gasteiger partial charge in [0.05, 0.1) is 0 Å². The molecule has 0 spiro atoms. The zero-order valence-corrected chi connectivity index (χ0v) is 20.2. The highest BCUT2D eigenvalue weighted by Gasteiger charge is 2.56. The van der Waals surface area contributed by atoms with Crippen LogP contribution in [0.2, 0.25) is 10.0 Å². The molecule has 4 bridgehead atoms. The van der Waals surface area contributed by atoms with E-state index >= 15 is 0 Å². The van der Waals surface area contributed by atoms with Gasteiger partial charge in [-0.05, 0) is 109 Å². The van der Waals surface area contributed by atoms with E-state index in [4.69, 9.17) is 33.2 Å². The Morgan fingerprint density at radius 2 is 1.09 bits per heavy atom. The van der Waals surface area contributed by atoms with Crippen LogP contribution in [0, 0.1) is 22.7 Å². The van der Waals surface area contributed by atoms with Crippen molar-refractivity contribution >= 4 is 35.6 Å². The second-order valence-corrected chi connectivity index (χ2v) is 11.5. The number of halogens is 2. The van der Waals surface area contributed by atoms with Gasteiger partial charge in [0, 0.05) is 35.6 Å². The maximum atomic E-state index is 5.99. The summed E-state index contributed by atoms with van der Waals surface area (Å²) in [5.41, 5.74) is 3.30. The first-order valence-electron chi connectivity index (χ1n) is 12.0. The van der Waals surface area contributed by atoms with E-state index in [2.05, 4.69) is 0 Å². The minimum atomic E-state index is 0.515. The molecule has 0 N–H and O–H groups in total. The summed E-state index contributed by atoms with van der Waals surface area (Å²) in [7, 11) is 0. The number of hydrogen-bond acceptors (Lipinski definition) is 2. The molecule has 4 aliphatic carbocycles. The van der Waals surface area contributed by atoms with Crippen molar-refractivity contribution in [3.63, 3.8) is 0 Å². The minimum absolute atomic E-state index is 0.515. The number of aliphatic imine (C=N–C) groups is 2. The van der Waals surface area contributed by atoms with Crippen LogP contribution >= 0.6 is 23.2 Å². The highest BCUT2D eigenvalue weighted by atomic mass is 35.5. The molecule has 2 aromatic rings. The Morgan fingerprint density at radius 1 is 0.688 bits per heavy atom. The molecule has 0 aromatic heterocycles. The van der Waals surface area contributed by atoms with Crippen LogP contribution in [-0.4, -0.2) is 25.5 Å². The van der Waals surface area contributed by atoms with Gasteiger partial charge < -0.3 is 0 Å². The van der Waals surface area contributed by atoms with Gasteiger partial charge in [0.25, 0.3) is 0 Å². The van der Waals surface area contributed by atoms with Crippen molar-refractivity contribution in [3.05, 3.63) is 69.7 Å². The molecule has 6 rings (SSSR count). The van der Waals surface area contributed by atoms with Crippen LogP contribution < -0.4 is 0 Å². The van der Waals surface area contributed by atoms with Crippen LogP contribution in [-0.2, 0) is 0 Å². The Balaban J connectivity index is 1.18. The Kier molecular flexibility index (Phi) is 6.45. The predicted octanol–water partition coefficient (Wildman–Crippen LogP) is 7.90. The SMILES string of the molecule is Clc1ccc(C=NCCC23CC4CC(C2)CC(CCN=Cc2ccc(Cl)cc2)(C4)C3)cc1. The molecule has 0 radical (unpaired) electrons. The van der Waals surface area contributed by atoms with Gasteiger partial charge in [-0.1, -0.05) is 47.5 Å². The summed E-state index contributed by atoms with van der Waals surface area (Å²) in [5.74, 6) is 1.86. The summed E-state index contributed by atoms with van der Waals surface area (Å²) < 4.78 is 0. The standard InChI is InChI=1S/C28H32Cl2N2/c29-25-5-1-21(2-6-25)18-31-11-9-27-14-23-13-24(15-27)17-28(16-23,20-27)10-12-32-19-22-3-7-26(30)8-4-22/h1-8,18-19,23-24H,9-17,20H2. The number of hydrogen-bond donors (Lipinski definition) is 0. The van der Waals surface area contributed by atoms with Gasteiger partial charge in [-0.2, -0.15) is 0 Å². The molecule has 0 unspecified atom stereocenters. The zero-order chi connectivity index (χ0) is 22.0. The average molecular weight is 467 g/mol. The molecule has 0 amide bonds. The molecule has 4 fully saturated rings. The van der Waals surface area contributed by atoms with E-state index in [0.717, 1.165) is 46.1 Å². The Morgan fingerprint density at radius 3 is 1.50 bits per heavy atom. The van der Waals surface area contributed by atoms with Gasteiger partial charge in [0.1, 0.15) is 0 Å². The molecule has 0 atom stereocenters. The third-order valence-electron chi connectivity index (χ3n) is 8.07. The van der Waals surface area contributed by atoms with Gasteiger partial charge in [0.2, 0.25) is 0 Å². The first kappa shape index (κ1) is 22.2. The van der Waals surface area contributed by atoms with Gasteiger partial charge >= 0.3 is 0 Å². The first-order valence-corrected chi connectivity index (χ1v) is 12.8. The fourth-order valence-electron chi connectivity index (χ4n) is 7.28. The molecule has 32 heavy (non-hydrogen) atoms. The lowest BCUT2D eigenvalue weighted by Gasteiger charge is -2.62. The molecule has 2 nitrogen and oxygen atoms in total. The Hall–Kier alpha value is -1.64. The van der Waals surface area contributed by atoms with Gasteiger partial charge in [0.15, 0.2) is 0 Å². The number of rotatable bonds is 8. The Labute approximate surface area is 202 Å². The summed E-state index contributed by atoms with van der Waals surface area (Å²) >= 11 is 12.0. The van der Waals surface area contributed by atoms with Crippen molar-refractivity contribution in [2.75, 3.05) is 13.1 Å². The van der Waals surface area contributed by atoms with E-state index in [9.17, 15) is 0 Å². The molecule has 2 aromatic carbocycles. The van der Waals surface area contributed by atoms with Crippen LogP contribution in [0.25, 0.3) is 0 Å². The van der Waals surface area contributed by atoms with Crippen molar-refractivity contribution < 1.29 is 0 Å². The highest BCUT2D eigenvalue weighted by Crippen LogP contribution is 2.67. The molecule has 168 valence electrons. The molecule has 4 heteroatoms. The summed E-state index contributed by atoms with van der Waals surface area (Å²) in [6.45, 7) is 1.87. The predicted molar refractivity (Wildman–Crippen MR) is 137 cm³/mol. The smallest absolute Gasteiger partial charge is 0.0406 e. The van der Waals surface area contributed by atoms with Crippen molar-refractivity contribution in [2.45, 2.75) is 51.4 Å². The van der Waals surface area contributed by atoms with E-state index in [1.807, 2.05) is 61.0 Å². The van der Waals surface area contributed by atoms with Crippen LogP contribution in [0.4, 0.5) is 0 Å². The molecule has 0 heterocycles. The third-order valence-corrected chi connectivity index (χ3v) is 8.57. The lowest BCUT2D eigenvalue weighted by Crippen LogP contribution is -2.52. The normalized spacial score (nSPS) is 31.2. The van der Waals surface area contributed by atoms with Crippen molar-refractivity contribution in [2.24, 2.45) is 32.7 Å². The molecule has 0 aliphatic heterocycles. The fraction of sp³-hybridized carbons (Fsp3) is 0.500. The van der Waals surface area contributed by atoms with Crippen LogP contribution in [0.1, 0.15) is 62.5 Å². The Bertz CT molecular complexity index is 886. The molecular formula is C28H32Cl2N2. The third kappa shape index (κ3) is 5.13. The maximum absolute atomic E-state index is 5.99. The second-order valence-electron chi connectivity index (χ2n) is 10.6. The van der Waals surface area contributed by atoms with E-state index in [1.165, 1.54) is 51.4 Å². The highest BCUT2D eigenvalue weighted by molar-refractivity contribution is 6.30. The maximum Gasteiger partial charge on any atom is 0.0406 e.